The molecule has 1 aliphatic rings. The van der Waals surface area contributed by atoms with Crippen LogP contribution in [-0.4, -0.2) is 57.9 Å². The number of nitrogens with zero attached hydrogens (tertiary/aromatic N) is 2. The number of nitrogens with one attached hydrogen (secondary N) is 2. The van der Waals surface area contributed by atoms with E-state index in [1.165, 1.54) is 11.1 Å². The number of methoxy groups -OCH3 is 1. The lowest BCUT2D eigenvalue weighted by atomic mass is 10.0. The van der Waals surface area contributed by atoms with Crippen LogP contribution in [0.5, 0.6) is 5.75 Å². The van der Waals surface area contributed by atoms with Crippen LogP contribution in [0.25, 0.3) is 0 Å². The summed E-state index contributed by atoms with van der Waals surface area (Å²) in [6, 6.07) is 17.0. The summed E-state index contributed by atoms with van der Waals surface area (Å²) < 4.78 is 11.0. The van der Waals surface area contributed by atoms with Crippen molar-refractivity contribution in [1.82, 2.24) is 15.5 Å². The summed E-state index contributed by atoms with van der Waals surface area (Å²) in [6.45, 7) is 7.00. The molecule has 0 saturated carbocycles. The summed E-state index contributed by atoms with van der Waals surface area (Å²) in [7, 11) is 3.49. The Morgan fingerprint density at radius 2 is 1.93 bits per heavy atom. The van der Waals surface area contributed by atoms with Crippen molar-refractivity contribution in [3.05, 3.63) is 65.2 Å². The van der Waals surface area contributed by atoms with Crippen molar-refractivity contribution in [3.8, 4) is 5.75 Å². The topological polar surface area (TPSA) is 58.1 Å². The van der Waals surface area contributed by atoms with Crippen LogP contribution >= 0.6 is 0 Å². The number of benzene rings is 2. The van der Waals surface area contributed by atoms with Gasteiger partial charge in [0.2, 0.25) is 0 Å². The zero-order chi connectivity index (χ0) is 20.5. The molecule has 0 spiro atoms. The average Bonchev–Trinajstić information content (AvgIpc) is 2.77. The molecular weight excluding hydrogens is 364 g/mol. The molecule has 6 nitrogen and oxygen atoms in total. The quantitative estimate of drug-likeness (QED) is 0.557. The Bertz CT molecular complexity index is 803. The summed E-state index contributed by atoms with van der Waals surface area (Å²) in [5.41, 5.74) is 3.69. The van der Waals surface area contributed by atoms with Crippen LogP contribution in [-0.2, 0) is 11.3 Å². The van der Waals surface area contributed by atoms with E-state index in [9.17, 15) is 0 Å². The van der Waals surface area contributed by atoms with Crippen LogP contribution in [0.1, 0.15) is 22.7 Å². The number of aryl methyl sites for hydroxylation is 1. The number of guanidine groups is 1. The molecule has 1 saturated heterocycles. The first-order valence-corrected chi connectivity index (χ1v) is 10.2. The second kappa shape index (κ2) is 10.8. The van der Waals surface area contributed by atoms with E-state index in [2.05, 4.69) is 57.8 Å². The molecule has 6 heteroatoms. The fourth-order valence-corrected chi connectivity index (χ4v) is 3.67. The summed E-state index contributed by atoms with van der Waals surface area (Å²) in [6.07, 6.45) is 0. The highest BCUT2D eigenvalue weighted by atomic mass is 16.5. The molecule has 1 aliphatic heterocycles. The highest BCUT2D eigenvalue weighted by molar-refractivity contribution is 5.79. The zero-order valence-corrected chi connectivity index (χ0v) is 17.6. The van der Waals surface area contributed by atoms with E-state index >= 15 is 0 Å². The highest BCUT2D eigenvalue weighted by Crippen LogP contribution is 2.22. The Morgan fingerprint density at radius 3 is 2.66 bits per heavy atom. The molecule has 0 radical (unpaired) electrons. The van der Waals surface area contributed by atoms with Crippen molar-refractivity contribution in [1.29, 1.82) is 0 Å². The molecular formula is C23H32N4O2. The van der Waals surface area contributed by atoms with Gasteiger partial charge < -0.3 is 20.1 Å². The molecule has 156 valence electrons. The maximum atomic E-state index is 5.56. The molecule has 1 heterocycles. The molecule has 1 fully saturated rings. The SMILES string of the molecule is CN=C(NCc1ccccc1OC)NCC(c1cccc(C)c1)N1CCOCC1. The number of aliphatic imine (C=N–C) groups is 1. The minimum atomic E-state index is 0.267. The van der Waals surface area contributed by atoms with E-state index in [1.54, 1.807) is 14.2 Å². The first-order chi connectivity index (χ1) is 14.2. The summed E-state index contributed by atoms with van der Waals surface area (Å²) in [5, 5.41) is 6.91. The lowest BCUT2D eigenvalue weighted by Gasteiger charge is -2.35. The third-order valence-electron chi connectivity index (χ3n) is 5.24. The monoisotopic (exact) mass is 396 g/mol. The van der Waals surface area contributed by atoms with Gasteiger partial charge >= 0.3 is 0 Å². The van der Waals surface area contributed by atoms with Crippen molar-refractivity contribution < 1.29 is 9.47 Å². The fraction of sp³-hybridized carbons (Fsp3) is 0.435. The molecule has 2 aromatic carbocycles. The van der Waals surface area contributed by atoms with Crippen molar-refractivity contribution in [2.24, 2.45) is 4.99 Å². The van der Waals surface area contributed by atoms with E-state index < -0.39 is 0 Å². The maximum Gasteiger partial charge on any atom is 0.191 e. The molecule has 1 unspecified atom stereocenters. The molecule has 0 aliphatic carbocycles. The second-order valence-corrected chi connectivity index (χ2v) is 7.20. The molecule has 29 heavy (non-hydrogen) atoms. The lowest BCUT2D eigenvalue weighted by molar-refractivity contribution is 0.0170. The lowest BCUT2D eigenvalue weighted by Crippen LogP contribution is -2.46. The van der Waals surface area contributed by atoms with E-state index in [4.69, 9.17) is 9.47 Å². The molecule has 0 amide bonds. The van der Waals surface area contributed by atoms with Crippen LogP contribution in [0.3, 0.4) is 0 Å². The van der Waals surface area contributed by atoms with E-state index in [-0.39, 0.29) is 6.04 Å². The summed E-state index contributed by atoms with van der Waals surface area (Å²) in [5.74, 6) is 1.66. The smallest absolute Gasteiger partial charge is 0.191 e. The minimum Gasteiger partial charge on any atom is -0.496 e. The molecule has 2 aromatic rings. The number of hydrogen-bond acceptors (Lipinski definition) is 4. The Labute approximate surface area is 173 Å². The number of morpholine rings is 1. The first-order valence-electron chi connectivity index (χ1n) is 10.2. The highest BCUT2D eigenvalue weighted by Gasteiger charge is 2.23. The van der Waals surface area contributed by atoms with E-state index in [0.29, 0.717) is 6.54 Å². The van der Waals surface area contributed by atoms with Gasteiger partial charge in [-0.3, -0.25) is 9.89 Å². The van der Waals surface area contributed by atoms with Crippen molar-refractivity contribution in [2.75, 3.05) is 47.0 Å². The molecule has 0 aromatic heterocycles. The zero-order valence-electron chi connectivity index (χ0n) is 17.6. The van der Waals surface area contributed by atoms with E-state index in [0.717, 1.165) is 50.1 Å². The predicted octanol–water partition coefficient (Wildman–Crippen LogP) is 2.74. The van der Waals surface area contributed by atoms with Crippen molar-refractivity contribution >= 4 is 5.96 Å². The first kappa shape index (κ1) is 21.1. The average molecular weight is 397 g/mol. The third-order valence-corrected chi connectivity index (χ3v) is 5.24. The van der Waals surface area contributed by atoms with Gasteiger partial charge in [-0.15, -0.1) is 0 Å². The molecule has 3 rings (SSSR count). The van der Waals surface area contributed by atoms with Crippen LogP contribution in [0.4, 0.5) is 0 Å². The van der Waals surface area contributed by atoms with Crippen molar-refractivity contribution in [2.45, 2.75) is 19.5 Å². The van der Waals surface area contributed by atoms with Crippen LogP contribution in [0.2, 0.25) is 0 Å². The van der Waals surface area contributed by atoms with Crippen LogP contribution < -0.4 is 15.4 Å². The normalized spacial score (nSPS) is 16.3. The predicted molar refractivity (Wildman–Crippen MR) is 118 cm³/mol. The number of hydrogen-bond donors (Lipinski definition) is 2. The van der Waals surface area contributed by atoms with Crippen molar-refractivity contribution in [3.63, 3.8) is 0 Å². The van der Waals surface area contributed by atoms with Gasteiger partial charge in [0.1, 0.15) is 5.75 Å². The Kier molecular flexibility index (Phi) is 7.90. The number of ether oxygens (including phenoxy) is 2. The standard InChI is InChI=1S/C23H32N4O2/c1-18-7-6-9-19(15-18)21(27-11-13-29-14-12-27)17-26-23(24-2)25-16-20-8-4-5-10-22(20)28-3/h4-10,15,21H,11-14,16-17H2,1-3H3,(H2,24,25,26). The van der Waals surface area contributed by atoms with Gasteiger partial charge in [-0.2, -0.15) is 0 Å². The van der Waals surface area contributed by atoms with Gasteiger partial charge in [-0.1, -0.05) is 48.0 Å². The number of para-hydroxylation sites is 1. The Morgan fingerprint density at radius 1 is 1.14 bits per heavy atom. The van der Waals surface area contributed by atoms with Crippen LogP contribution in [0.15, 0.2) is 53.5 Å². The molecule has 2 N–H and O–H groups in total. The summed E-state index contributed by atoms with van der Waals surface area (Å²) in [4.78, 5) is 6.88. The van der Waals surface area contributed by atoms with Gasteiger partial charge in [0.25, 0.3) is 0 Å². The van der Waals surface area contributed by atoms with Crippen LogP contribution in [0, 0.1) is 6.92 Å². The molecule has 1 atom stereocenters. The van der Waals surface area contributed by atoms with Gasteiger partial charge in [0.05, 0.1) is 26.4 Å². The third kappa shape index (κ3) is 5.95. The van der Waals surface area contributed by atoms with Gasteiger partial charge in [0.15, 0.2) is 5.96 Å². The Hall–Kier alpha value is -2.57. The van der Waals surface area contributed by atoms with Gasteiger partial charge in [-0.25, -0.2) is 0 Å². The fourth-order valence-electron chi connectivity index (χ4n) is 3.67. The molecule has 0 bridgehead atoms. The maximum absolute atomic E-state index is 5.56. The van der Waals surface area contributed by atoms with E-state index in [1.807, 2.05) is 18.2 Å². The Balaban J connectivity index is 1.65. The second-order valence-electron chi connectivity index (χ2n) is 7.20. The largest absolute Gasteiger partial charge is 0.496 e. The van der Waals surface area contributed by atoms with Gasteiger partial charge in [-0.05, 0) is 18.6 Å². The van der Waals surface area contributed by atoms with Gasteiger partial charge in [0, 0.05) is 38.8 Å². The summed E-state index contributed by atoms with van der Waals surface area (Å²) >= 11 is 0. The minimum absolute atomic E-state index is 0.267. The number of rotatable bonds is 7.